The summed E-state index contributed by atoms with van der Waals surface area (Å²) in [6.45, 7) is 9.58. The fraction of sp³-hybridized carbons (Fsp3) is 0.286. The number of hydrogen-bond donors (Lipinski definition) is 3. The summed E-state index contributed by atoms with van der Waals surface area (Å²) >= 11 is 17.9. The molecule has 0 saturated heterocycles. The molecule has 0 radical (unpaired) electrons. The molecule has 15 heteroatoms. The van der Waals surface area contributed by atoms with Gasteiger partial charge in [-0.25, -0.2) is 0 Å². The van der Waals surface area contributed by atoms with Crippen molar-refractivity contribution in [2.24, 2.45) is 0 Å². The highest BCUT2D eigenvalue weighted by Gasteiger charge is 2.32. The predicted octanol–water partition coefficient (Wildman–Crippen LogP) is 8.14. The molecule has 4 aromatic rings. The molecule has 0 aliphatic rings. The molecule has 0 saturated carbocycles. The number of benzene rings is 4. The molecular weight excluding hydrogens is 791 g/mol. The van der Waals surface area contributed by atoms with Crippen LogP contribution in [0, 0.1) is 20.8 Å². The lowest BCUT2D eigenvalue weighted by molar-refractivity contribution is -0.116. The molecule has 3 N–H and O–H groups in total. The van der Waals surface area contributed by atoms with Gasteiger partial charge in [0.1, 0.15) is 16.1 Å². The molecule has 0 aromatic heterocycles. The Labute approximate surface area is 347 Å². The third-order valence-electron chi connectivity index (χ3n) is 9.39. The zero-order valence-electron chi connectivity index (χ0n) is 33.1. The third kappa shape index (κ3) is 10.1. The van der Waals surface area contributed by atoms with Gasteiger partial charge in [0.2, 0.25) is 17.7 Å². The fourth-order valence-electron chi connectivity index (χ4n) is 6.14. The minimum absolute atomic E-state index is 0.120. The topological polar surface area (TPSA) is 148 Å². The highest BCUT2D eigenvalue weighted by Crippen LogP contribution is 2.34. The van der Waals surface area contributed by atoms with Crippen LogP contribution in [0.1, 0.15) is 68.5 Å². The number of rotatable bonds is 12. The van der Waals surface area contributed by atoms with Crippen LogP contribution in [0.15, 0.2) is 72.8 Å². The Morgan fingerprint density at radius 3 is 0.895 bits per heavy atom. The van der Waals surface area contributed by atoms with Crippen LogP contribution >= 0.6 is 34.8 Å². The molecule has 4 rings (SSSR count). The summed E-state index contributed by atoms with van der Waals surface area (Å²) < 4.78 is 0. The van der Waals surface area contributed by atoms with Crippen LogP contribution < -0.4 is 30.7 Å². The summed E-state index contributed by atoms with van der Waals surface area (Å²) in [4.78, 5) is 85.0. The van der Waals surface area contributed by atoms with E-state index in [0.29, 0.717) is 50.8 Å². The van der Waals surface area contributed by atoms with Crippen molar-refractivity contribution in [3.8, 4) is 0 Å². The molecule has 0 heterocycles. The summed E-state index contributed by atoms with van der Waals surface area (Å²) in [5.74, 6) is -2.82. The number of nitrogens with one attached hydrogen (secondary N) is 3. The number of nitrogens with zero attached hydrogens (tertiary/aromatic N) is 3. The number of carbonyl (C=O) groups is 6. The van der Waals surface area contributed by atoms with Crippen molar-refractivity contribution in [1.82, 2.24) is 0 Å². The van der Waals surface area contributed by atoms with Gasteiger partial charge in [-0.15, -0.1) is 34.8 Å². The van der Waals surface area contributed by atoms with Crippen LogP contribution in [-0.4, -0.2) is 72.7 Å². The summed E-state index contributed by atoms with van der Waals surface area (Å²) in [5.41, 5.74) is 3.85. The lowest BCUT2D eigenvalue weighted by Crippen LogP contribution is -2.35. The molecule has 12 nitrogen and oxygen atoms in total. The van der Waals surface area contributed by atoms with E-state index in [-0.39, 0.29) is 16.7 Å². The van der Waals surface area contributed by atoms with Crippen LogP contribution in [0.25, 0.3) is 0 Å². The van der Waals surface area contributed by atoms with Crippen LogP contribution in [-0.2, 0) is 14.4 Å². The first-order chi connectivity index (χ1) is 26.7. The second-order valence-electron chi connectivity index (χ2n) is 13.6. The number of amides is 6. The SMILES string of the molecule is Cc1c(C(=O)N(C)c2cccc(NC(=O)C(C)Cl)c2)c(C)c(C(=O)N(C)c2cccc(NC(=O)C(C)Cl)c2)c(C)c1C(=O)N(C)c1cccc(NC(=O)C(C)Cl)c1. The van der Waals surface area contributed by atoms with Crippen molar-refractivity contribution in [3.63, 3.8) is 0 Å². The number of anilines is 6. The van der Waals surface area contributed by atoms with E-state index in [1.165, 1.54) is 14.7 Å². The Bertz CT molecular complexity index is 1970. The molecule has 6 amide bonds. The lowest BCUT2D eigenvalue weighted by Gasteiger charge is -2.28. The average Bonchev–Trinajstić information content (AvgIpc) is 3.16. The normalized spacial score (nSPS) is 12.4. The third-order valence-corrected chi connectivity index (χ3v) is 9.99. The van der Waals surface area contributed by atoms with E-state index in [2.05, 4.69) is 16.0 Å². The Morgan fingerprint density at radius 1 is 0.456 bits per heavy atom. The van der Waals surface area contributed by atoms with Crippen molar-refractivity contribution in [2.45, 2.75) is 57.7 Å². The van der Waals surface area contributed by atoms with Crippen LogP contribution in [0.4, 0.5) is 34.1 Å². The first-order valence-corrected chi connectivity index (χ1v) is 19.2. The molecule has 3 atom stereocenters. The molecule has 300 valence electrons. The van der Waals surface area contributed by atoms with Crippen molar-refractivity contribution >= 4 is 104 Å². The molecule has 0 bridgehead atoms. The quantitative estimate of drug-likeness (QED) is 0.123. The zero-order valence-corrected chi connectivity index (χ0v) is 35.4. The Morgan fingerprint density at radius 2 is 0.684 bits per heavy atom. The van der Waals surface area contributed by atoms with Crippen molar-refractivity contribution < 1.29 is 28.8 Å². The summed E-state index contributed by atoms with van der Waals surface area (Å²) in [6, 6.07) is 19.9. The second-order valence-corrected chi connectivity index (χ2v) is 15.5. The lowest BCUT2D eigenvalue weighted by atomic mass is 9.86. The molecule has 4 aromatic carbocycles. The van der Waals surface area contributed by atoms with Crippen molar-refractivity contribution in [2.75, 3.05) is 51.8 Å². The summed E-state index contributed by atoms with van der Waals surface area (Å²) in [5, 5.41) is 5.79. The largest absolute Gasteiger partial charge is 0.325 e. The fourth-order valence-corrected chi connectivity index (χ4v) is 6.30. The van der Waals surface area contributed by atoms with Crippen LogP contribution in [0.2, 0.25) is 0 Å². The molecule has 0 aliphatic heterocycles. The number of hydrogen-bond acceptors (Lipinski definition) is 6. The van der Waals surface area contributed by atoms with Crippen molar-refractivity contribution in [3.05, 3.63) is 106 Å². The van der Waals surface area contributed by atoms with E-state index < -0.39 is 51.6 Å². The van der Waals surface area contributed by atoms with E-state index >= 15 is 0 Å². The predicted molar refractivity (Wildman–Crippen MR) is 230 cm³/mol. The van der Waals surface area contributed by atoms with E-state index in [0.717, 1.165) is 0 Å². The first-order valence-electron chi connectivity index (χ1n) is 17.9. The van der Waals surface area contributed by atoms with Gasteiger partial charge in [-0.1, -0.05) is 18.2 Å². The molecule has 57 heavy (non-hydrogen) atoms. The van der Waals surface area contributed by atoms with Gasteiger partial charge in [0.25, 0.3) is 17.7 Å². The number of alkyl halides is 3. The second kappa shape index (κ2) is 18.7. The van der Waals surface area contributed by atoms with Gasteiger partial charge in [-0.2, -0.15) is 0 Å². The maximum Gasteiger partial charge on any atom is 0.258 e. The van der Waals surface area contributed by atoms with Crippen LogP contribution in [0.5, 0.6) is 0 Å². The average molecular weight is 836 g/mol. The number of carbonyl (C=O) groups excluding carboxylic acids is 6. The van der Waals surface area contributed by atoms with Gasteiger partial charge in [-0.05, 0) is 113 Å². The van der Waals surface area contributed by atoms with E-state index in [1.807, 2.05) is 0 Å². The van der Waals surface area contributed by atoms with Gasteiger partial charge in [0, 0.05) is 72.0 Å². The van der Waals surface area contributed by atoms with Gasteiger partial charge >= 0.3 is 0 Å². The van der Waals surface area contributed by atoms with E-state index in [4.69, 9.17) is 34.8 Å². The molecule has 3 unspecified atom stereocenters. The maximum atomic E-state index is 14.6. The Balaban J connectivity index is 1.88. The Hall–Kier alpha value is -5.43. The maximum absolute atomic E-state index is 14.6. The van der Waals surface area contributed by atoms with Crippen LogP contribution in [0.3, 0.4) is 0 Å². The molecule has 0 fully saturated rings. The standard InChI is InChI=1S/C42H45Cl3N6O6/c1-22-34(40(55)49(7)31-16-10-13-28(19-31)46-37(52)25(4)43)23(2)36(42(57)51(9)33-18-12-15-30(21-33)48-39(54)27(6)45)24(3)35(22)41(56)50(8)32-17-11-14-29(20-32)47-38(53)26(5)44/h10-21,25-27H,1-9H3,(H,46,52)(H,47,53)(H,48,54). The Kier molecular flexibility index (Phi) is 14.5. The smallest absolute Gasteiger partial charge is 0.258 e. The van der Waals surface area contributed by atoms with Gasteiger partial charge in [-0.3, -0.25) is 28.8 Å². The first kappa shape index (κ1) is 44.3. The summed E-state index contributed by atoms with van der Waals surface area (Å²) in [6.07, 6.45) is 0. The summed E-state index contributed by atoms with van der Waals surface area (Å²) in [7, 11) is 4.66. The molecule has 0 aliphatic carbocycles. The van der Waals surface area contributed by atoms with E-state index in [1.54, 1.807) is 135 Å². The minimum atomic E-state index is -0.791. The van der Waals surface area contributed by atoms with Crippen molar-refractivity contribution in [1.29, 1.82) is 0 Å². The molecular formula is C42H45Cl3N6O6. The highest BCUT2D eigenvalue weighted by atomic mass is 35.5. The zero-order chi connectivity index (χ0) is 42.5. The molecule has 0 spiro atoms. The number of halogens is 3. The van der Waals surface area contributed by atoms with E-state index in [9.17, 15) is 28.8 Å². The minimum Gasteiger partial charge on any atom is -0.325 e. The monoisotopic (exact) mass is 834 g/mol. The van der Waals surface area contributed by atoms with Gasteiger partial charge in [0.05, 0.1) is 0 Å². The highest BCUT2D eigenvalue weighted by molar-refractivity contribution is 6.33. The van der Waals surface area contributed by atoms with Gasteiger partial charge < -0.3 is 30.7 Å². The van der Waals surface area contributed by atoms with Gasteiger partial charge in [0.15, 0.2) is 0 Å².